The van der Waals surface area contributed by atoms with Gasteiger partial charge in [-0.2, -0.15) is 0 Å². The zero-order valence-electron chi connectivity index (χ0n) is 11.6. The zero-order chi connectivity index (χ0) is 12.8. The first kappa shape index (κ1) is 13.6. The summed E-state index contributed by atoms with van der Waals surface area (Å²) in [4.78, 5) is 0. The van der Waals surface area contributed by atoms with E-state index in [0.717, 1.165) is 31.4 Å². The second kappa shape index (κ2) is 6.95. The lowest BCUT2D eigenvalue weighted by Crippen LogP contribution is -2.18. The zero-order valence-corrected chi connectivity index (χ0v) is 11.6. The molecule has 0 atom stereocenters. The normalized spacial score (nSPS) is 15.5. The molecule has 0 spiro atoms. The van der Waals surface area contributed by atoms with E-state index in [1.54, 1.807) is 0 Å². The van der Waals surface area contributed by atoms with Crippen molar-refractivity contribution in [3.8, 4) is 0 Å². The molecule has 0 radical (unpaired) electrons. The van der Waals surface area contributed by atoms with Crippen molar-refractivity contribution in [2.45, 2.75) is 46.3 Å². The van der Waals surface area contributed by atoms with E-state index in [9.17, 15) is 0 Å². The minimum atomic E-state index is 0.608. The molecular formula is C15H25NO2. The lowest BCUT2D eigenvalue weighted by Gasteiger charge is -2.04. The number of hydrogen-bond donors (Lipinski definition) is 1. The summed E-state index contributed by atoms with van der Waals surface area (Å²) in [6, 6.07) is 2.09. The number of ether oxygens (including phenoxy) is 1. The Morgan fingerprint density at radius 2 is 2.28 bits per heavy atom. The Kier molecular flexibility index (Phi) is 5.26. The maximum atomic E-state index is 5.61. The molecule has 2 rings (SSSR count). The predicted octanol–water partition coefficient (Wildman–Crippen LogP) is 3.34. The first-order valence-electron chi connectivity index (χ1n) is 7.09. The number of nitrogens with one attached hydrogen (secondary N) is 1. The van der Waals surface area contributed by atoms with Gasteiger partial charge in [-0.15, -0.1) is 0 Å². The molecule has 1 aromatic rings. The fourth-order valence-corrected chi connectivity index (χ4v) is 1.93. The molecule has 18 heavy (non-hydrogen) atoms. The van der Waals surface area contributed by atoms with Crippen molar-refractivity contribution < 1.29 is 9.15 Å². The molecule has 0 unspecified atom stereocenters. The first-order valence-corrected chi connectivity index (χ1v) is 7.09. The summed E-state index contributed by atoms with van der Waals surface area (Å²) in [6.45, 7) is 7.81. The molecule has 1 heterocycles. The van der Waals surface area contributed by atoms with Crippen LogP contribution in [0.5, 0.6) is 0 Å². The van der Waals surface area contributed by atoms with Gasteiger partial charge in [0.25, 0.3) is 0 Å². The highest BCUT2D eigenvalue weighted by Crippen LogP contribution is 2.32. The molecule has 0 bridgehead atoms. The van der Waals surface area contributed by atoms with Crippen LogP contribution < -0.4 is 5.32 Å². The van der Waals surface area contributed by atoms with E-state index < -0.39 is 0 Å². The summed E-state index contributed by atoms with van der Waals surface area (Å²) >= 11 is 0. The molecule has 0 aliphatic heterocycles. The Hall–Kier alpha value is -0.800. The second-order valence-corrected chi connectivity index (χ2v) is 5.73. The highest BCUT2D eigenvalue weighted by Gasteiger charge is 2.20. The summed E-state index contributed by atoms with van der Waals surface area (Å²) in [7, 11) is 0. The minimum absolute atomic E-state index is 0.608. The lowest BCUT2D eigenvalue weighted by atomic mass is 10.2. The van der Waals surface area contributed by atoms with Gasteiger partial charge in [-0.05, 0) is 30.9 Å². The third-order valence-electron chi connectivity index (χ3n) is 3.20. The quantitative estimate of drug-likeness (QED) is 0.683. The van der Waals surface area contributed by atoms with E-state index in [1.165, 1.54) is 24.8 Å². The fraction of sp³-hybridized carbons (Fsp3) is 0.733. The molecule has 1 fully saturated rings. The molecule has 102 valence electrons. The summed E-state index contributed by atoms with van der Waals surface area (Å²) in [5.41, 5.74) is 1.21. The Morgan fingerprint density at radius 3 is 3.00 bits per heavy atom. The maximum absolute atomic E-state index is 5.61. The van der Waals surface area contributed by atoms with Crippen molar-refractivity contribution in [2.75, 3.05) is 13.2 Å². The van der Waals surface area contributed by atoms with E-state index in [2.05, 4.69) is 25.2 Å². The molecule has 1 aromatic heterocycles. The van der Waals surface area contributed by atoms with Crippen molar-refractivity contribution in [2.24, 2.45) is 11.8 Å². The third kappa shape index (κ3) is 5.23. The molecule has 3 heteroatoms. The van der Waals surface area contributed by atoms with Crippen LogP contribution in [0.3, 0.4) is 0 Å². The first-order chi connectivity index (χ1) is 8.74. The summed E-state index contributed by atoms with van der Waals surface area (Å²) in [5.74, 6) is 2.56. The van der Waals surface area contributed by atoms with Crippen LogP contribution in [0.4, 0.5) is 0 Å². The number of hydrogen-bond acceptors (Lipinski definition) is 3. The van der Waals surface area contributed by atoms with E-state index >= 15 is 0 Å². The van der Waals surface area contributed by atoms with Crippen LogP contribution >= 0.6 is 0 Å². The van der Waals surface area contributed by atoms with E-state index in [1.807, 2.05) is 6.26 Å². The molecule has 1 N–H and O–H groups in total. The highest BCUT2D eigenvalue weighted by atomic mass is 16.5. The van der Waals surface area contributed by atoms with Gasteiger partial charge in [0.05, 0.1) is 6.26 Å². The standard InChI is InChI=1S/C15H25NO2/c1-12(2)8-16-9-14-7-15(18-10-14)11-17-6-5-13-3-4-13/h7,10,12-13,16H,3-6,8-9,11H2,1-2H3. The topological polar surface area (TPSA) is 34.4 Å². The smallest absolute Gasteiger partial charge is 0.129 e. The molecule has 0 saturated heterocycles. The van der Waals surface area contributed by atoms with Gasteiger partial charge in [-0.25, -0.2) is 0 Å². The van der Waals surface area contributed by atoms with Crippen LogP contribution in [0.15, 0.2) is 16.7 Å². The van der Waals surface area contributed by atoms with Crippen molar-refractivity contribution >= 4 is 0 Å². The summed E-state index contributed by atoms with van der Waals surface area (Å²) in [6.07, 6.45) is 5.84. The van der Waals surface area contributed by atoms with E-state index in [0.29, 0.717) is 12.5 Å². The monoisotopic (exact) mass is 251 g/mol. The van der Waals surface area contributed by atoms with Gasteiger partial charge in [-0.1, -0.05) is 26.7 Å². The lowest BCUT2D eigenvalue weighted by molar-refractivity contribution is 0.101. The van der Waals surface area contributed by atoms with E-state index in [4.69, 9.17) is 9.15 Å². The van der Waals surface area contributed by atoms with Gasteiger partial charge in [0.2, 0.25) is 0 Å². The van der Waals surface area contributed by atoms with Gasteiger partial charge in [0, 0.05) is 18.7 Å². The van der Waals surface area contributed by atoms with Crippen LogP contribution in [0.1, 0.15) is 44.4 Å². The predicted molar refractivity (Wildman–Crippen MR) is 72.2 cm³/mol. The average Bonchev–Trinajstić information content (AvgIpc) is 3.04. The van der Waals surface area contributed by atoms with Crippen molar-refractivity contribution in [1.82, 2.24) is 5.32 Å². The SMILES string of the molecule is CC(C)CNCc1coc(COCCC2CC2)c1. The van der Waals surface area contributed by atoms with Crippen molar-refractivity contribution in [3.63, 3.8) is 0 Å². The highest BCUT2D eigenvalue weighted by molar-refractivity contribution is 5.11. The van der Waals surface area contributed by atoms with Gasteiger partial charge >= 0.3 is 0 Å². The number of rotatable bonds is 9. The summed E-state index contributed by atoms with van der Waals surface area (Å²) in [5, 5.41) is 3.40. The van der Waals surface area contributed by atoms with Gasteiger partial charge in [0.15, 0.2) is 0 Å². The molecule has 1 aliphatic carbocycles. The Bertz CT molecular complexity index is 342. The van der Waals surface area contributed by atoms with Gasteiger partial charge < -0.3 is 14.5 Å². The molecule has 1 aliphatic rings. The summed E-state index contributed by atoms with van der Waals surface area (Å²) < 4.78 is 11.1. The maximum Gasteiger partial charge on any atom is 0.129 e. The molecule has 0 amide bonds. The van der Waals surface area contributed by atoms with Crippen molar-refractivity contribution in [3.05, 3.63) is 23.7 Å². The van der Waals surface area contributed by atoms with Crippen LogP contribution in [-0.4, -0.2) is 13.2 Å². The molecule has 1 saturated carbocycles. The second-order valence-electron chi connectivity index (χ2n) is 5.73. The van der Waals surface area contributed by atoms with Crippen LogP contribution in [-0.2, 0) is 17.9 Å². The Morgan fingerprint density at radius 1 is 1.44 bits per heavy atom. The van der Waals surface area contributed by atoms with Gasteiger partial charge in [0.1, 0.15) is 12.4 Å². The Balaban J connectivity index is 1.59. The fourth-order valence-electron chi connectivity index (χ4n) is 1.93. The van der Waals surface area contributed by atoms with Crippen LogP contribution in [0, 0.1) is 11.8 Å². The largest absolute Gasteiger partial charge is 0.467 e. The molecule has 0 aromatic carbocycles. The van der Waals surface area contributed by atoms with Crippen LogP contribution in [0.2, 0.25) is 0 Å². The Labute approximate surface area is 110 Å². The molecule has 3 nitrogen and oxygen atoms in total. The molecular weight excluding hydrogens is 226 g/mol. The van der Waals surface area contributed by atoms with Crippen LogP contribution in [0.25, 0.3) is 0 Å². The average molecular weight is 251 g/mol. The van der Waals surface area contributed by atoms with Gasteiger partial charge in [-0.3, -0.25) is 0 Å². The third-order valence-corrected chi connectivity index (χ3v) is 3.20. The number of furan rings is 1. The minimum Gasteiger partial charge on any atom is -0.467 e. The van der Waals surface area contributed by atoms with Crippen molar-refractivity contribution in [1.29, 1.82) is 0 Å². The van der Waals surface area contributed by atoms with E-state index in [-0.39, 0.29) is 0 Å².